The van der Waals surface area contributed by atoms with Crippen molar-refractivity contribution in [3.8, 4) is 0 Å². The lowest BCUT2D eigenvalue weighted by Crippen LogP contribution is -2.26. The fourth-order valence-corrected chi connectivity index (χ4v) is 2.42. The van der Waals surface area contributed by atoms with Crippen LogP contribution < -0.4 is 5.32 Å². The fourth-order valence-electron chi connectivity index (χ4n) is 2.42. The van der Waals surface area contributed by atoms with E-state index in [1.165, 1.54) is 6.33 Å². The Bertz CT molecular complexity index is 777. The molecule has 0 aromatic carbocycles. The number of likely N-dealkylation sites (N-methyl/N-ethyl adjacent to an activating group) is 1. The topological polar surface area (TPSA) is 80.2 Å². The Balaban J connectivity index is 1.84. The first-order chi connectivity index (χ1) is 10.6. The van der Waals surface area contributed by atoms with Gasteiger partial charge in [-0.3, -0.25) is 4.90 Å². The van der Waals surface area contributed by atoms with Gasteiger partial charge in [0.25, 0.3) is 5.71 Å². The van der Waals surface area contributed by atoms with Crippen molar-refractivity contribution >= 4 is 16.9 Å². The fraction of sp³-hybridized carbons (Fsp3) is 0.400. The van der Waals surface area contributed by atoms with Crippen molar-refractivity contribution < 1.29 is 8.94 Å². The maximum atomic E-state index is 5.75. The van der Waals surface area contributed by atoms with Crippen LogP contribution in [0.5, 0.6) is 0 Å². The third-order valence-electron chi connectivity index (χ3n) is 3.62. The molecule has 22 heavy (non-hydrogen) atoms. The monoisotopic (exact) mass is 301 g/mol. The van der Waals surface area contributed by atoms with Gasteiger partial charge in [0, 0.05) is 6.54 Å². The summed E-state index contributed by atoms with van der Waals surface area (Å²) in [6, 6.07) is 4.07. The van der Waals surface area contributed by atoms with Crippen molar-refractivity contribution in [3.05, 3.63) is 35.7 Å². The average molecular weight is 301 g/mol. The van der Waals surface area contributed by atoms with E-state index in [0.29, 0.717) is 12.3 Å². The van der Waals surface area contributed by atoms with Crippen LogP contribution in [0.2, 0.25) is 0 Å². The van der Waals surface area contributed by atoms with Gasteiger partial charge in [-0.1, -0.05) is 5.16 Å². The average Bonchev–Trinajstić information content (AvgIpc) is 3.06. The van der Waals surface area contributed by atoms with Crippen molar-refractivity contribution in [1.82, 2.24) is 20.0 Å². The summed E-state index contributed by atoms with van der Waals surface area (Å²) in [4.78, 5) is 10.5. The maximum absolute atomic E-state index is 5.75. The normalized spacial score (nSPS) is 13.0. The van der Waals surface area contributed by atoms with Crippen molar-refractivity contribution in [2.45, 2.75) is 19.9 Å². The number of anilines is 1. The SMILES string of the molecule is Cc1ccc([C@H](CNc2ncnc3onc(C)c23)N(C)C)o1. The molecule has 3 heterocycles. The maximum Gasteiger partial charge on any atom is 0.263 e. The van der Waals surface area contributed by atoms with Crippen molar-refractivity contribution in [3.63, 3.8) is 0 Å². The van der Waals surface area contributed by atoms with E-state index in [9.17, 15) is 0 Å². The van der Waals surface area contributed by atoms with E-state index in [0.717, 1.165) is 28.4 Å². The lowest BCUT2D eigenvalue weighted by atomic mass is 10.2. The van der Waals surface area contributed by atoms with Gasteiger partial charge in [-0.05, 0) is 40.1 Å². The van der Waals surface area contributed by atoms with Crippen LogP contribution >= 0.6 is 0 Å². The molecule has 7 heteroatoms. The van der Waals surface area contributed by atoms with E-state index < -0.39 is 0 Å². The van der Waals surface area contributed by atoms with E-state index in [1.807, 2.05) is 40.1 Å². The van der Waals surface area contributed by atoms with Crippen LogP contribution in [0.4, 0.5) is 5.82 Å². The summed E-state index contributed by atoms with van der Waals surface area (Å²) in [5.74, 6) is 2.54. The molecule has 0 aliphatic heterocycles. The van der Waals surface area contributed by atoms with Crippen molar-refractivity contribution in [2.24, 2.45) is 0 Å². The molecule has 0 saturated heterocycles. The second kappa shape index (κ2) is 5.76. The second-order valence-corrected chi connectivity index (χ2v) is 5.48. The minimum Gasteiger partial charge on any atom is -0.465 e. The standard InChI is InChI=1S/C15H19N5O2/c1-9-5-6-12(21-9)11(20(3)4)7-16-14-13-10(2)19-22-15(13)18-8-17-14/h5-6,8,11H,7H2,1-4H3,(H,16,17,18)/t11-/m0/s1. The Morgan fingerprint density at radius 1 is 1.23 bits per heavy atom. The Hall–Kier alpha value is -2.41. The van der Waals surface area contributed by atoms with Gasteiger partial charge in [0.2, 0.25) is 0 Å². The molecular weight excluding hydrogens is 282 g/mol. The summed E-state index contributed by atoms with van der Waals surface area (Å²) in [6.07, 6.45) is 1.47. The highest BCUT2D eigenvalue weighted by Crippen LogP contribution is 2.25. The van der Waals surface area contributed by atoms with Crippen molar-refractivity contribution in [1.29, 1.82) is 0 Å². The van der Waals surface area contributed by atoms with Gasteiger partial charge in [-0.15, -0.1) is 0 Å². The van der Waals surface area contributed by atoms with Gasteiger partial charge in [-0.2, -0.15) is 4.98 Å². The Morgan fingerprint density at radius 2 is 2.05 bits per heavy atom. The Kier molecular flexibility index (Phi) is 3.81. The number of furan rings is 1. The van der Waals surface area contributed by atoms with Gasteiger partial charge >= 0.3 is 0 Å². The van der Waals surface area contributed by atoms with Crippen molar-refractivity contribution in [2.75, 3.05) is 26.0 Å². The predicted molar refractivity (Wildman–Crippen MR) is 82.7 cm³/mol. The molecule has 116 valence electrons. The highest BCUT2D eigenvalue weighted by atomic mass is 16.5. The van der Waals surface area contributed by atoms with E-state index in [-0.39, 0.29) is 6.04 Å². The summed E-state index contributed by atoms with van der Waals surface area (Å²) < 4.78 is 10.9. The zero-order valence-corrected chi connectivity index (χ0v) is 13.1. The quantitative estimate of drug-likeness (QED) is 0.775. The van der Waals surface area contributed by atoms with Gasteiger partial charge in [0.15, 0.2) is 0 Å². The third-order valence-corrected chi connectivity index (χ3v) is 3.62. The first kappa shape index (κ1) is 14.5. The first-order valence-electron chi connectivity index (χ1n) is 7.10. The molecule has 3 aromatic rings. The summed E-state index contributed by atoms with van der Waals surface area (Å²) in [5, 5.41) is 8.10. The van der Waals surface area contributed by atoms with E-state index in [1.54, 1.807) is 0 Å². The van der Waals surface area contributed by atoms with Crippen LogP contribution in [0.25, 0.3) is 11.1 Å². The number of hydrogen-bond donors (Lipinski definition) is 1. The number of rotatable bonds is 5. The number of fused-ring (bicyclic) bond motifs is 1. The summed E-state index contributed by atoms with van der Waals surface area (Å²) in [6.45, 7) is 4.47. The third kappa shape index (κ3) is 2.67. The van der Waals surface area contributed by atoms with Gasteiger partial charge < -0.3 is 14.3 Å². The minimum absolute atomic E-state index is 0.0962. The predicted octanol–water partition coefficient (Wildman–Crippen LogP) is 2.54. The highest BCUT2D eigenvalue weighted by molar-refractivity contribution is 5.87. The first-order valence-corrected chi connectivity index (χ1v) is 7.10. The Morgan fingerprint density at radius 3 is 2.73 bits per heavy atom. The molecule has 0 amide bonds. The van der Waals surface area contributed by atoms with E-state index in [4.69, 9.17) is 8.94 Å². The lowest BCUT2D eigenvalue weighted by molar-refractivity contribution is 0.266. The summed E-state index contributed by atoms with van der Waals surface area (Å²) in [7, 11) is 4.04. The second-order valence-electron chi connectivity index (χ2n) is 5.48. The largest absolute Gasteiger partial charge is 0.465 e. The zero-order valence-electron chi connectivity index (χ0n) is 13.1. The molecule has 0 spiro atoms. The molecule has 0 unspecified atom stereocenters. The molecule has 1 atom stereocenters. The molecule has 0 aliphatic carbocycles. The van der Waals surface area contributed by atoms with Crippen LogP contribution in [0, 0.1) is 13.8 Å². The number of hydrogen-bond acceptors (Lipinski definition) is 7. The molecule has 0 bridgehead atoms. The van der Waals surface area contributed by atoms with Crippen LogP contribution in [-0.2, 0) is 0 Å². The number of aryl methyl sites for hydroxylation is 2. The molecule has 7 nitrogen and oxygen atoms in total. The van der Waals surface area contributed by atoms with Gasteiger partial charge in [-0.25, -0.2) is 4.98 Å². The number of aromatic nitrogens is 3. The molecule has 3 rings (SSSR count). The number of nitrogens with zero attached hydrogens (tertiary/aromatic N) is 4. The van der Waals surface area contributed by atoms with Crippen LogP contribution in [0.1, 0.15) is 23.3 Å². The molecular formula is C15H19N5O2. The molecule has 0 fully saturated rings. The Labute approximate surface area is 128 Å². The number of nitrogens with one attached hydrogen (secondary N) is 1. The summed E-state index contributed by atoms with van der Waals surface area (Å²) in [5.41, 5.74) is 1.26. The van der Waals surface area contributed by atoms with E-state index in [2.05, 4.69) is 25.3 Å². The van der Waals surface area contributed by atoms with E-state index >= 15 is 0 Å². The lowest BCUT2D eigenvalue weighted by Gasteiger charge is -2.23. The molecule has 0 saturated carbocycles. The van der Waals surface area contributed by atoms with Gasteiger partial charge in [0.1, 0.15) is 29.1 Å². The molecule has 0 radical (unpaired) electrons. The molecule has 3 aromatic heterocycles. The molecule has 0 aliphatic rings. The van der Waals surface area contributed by atoms with Crippen LogP contribution in [0.15, 0.2) is 27.4 Å². The highest BCUT2D eigenvalue weighted by Gasteiger charge is 2.19. The van der Waals surface area contributed by atoms with Gasteiger partial charge in [0.05, 0.1) is 11.7 Å². The smallest absolute Gasteiger partial charge is 0.263 e. The summed E-state index contributed by atoms with van der Waals surface area (Å²) >= 11 is 0. The van der Waals surface area contributed by atoms with Crippen LogP contribution in [0.3, 0.4) is 0 Å². The van der Waals surface area contributed by atoms with Crippen LogP contribution in [-0.4, -0.2) is 40.7 Å². The molecule has 1 N–H and O–H groups in total. The minimum atomic E-state index is 0.0962. The zero-order chi connectivity index (χ0) is 15.7.